The van der Waals surface area contributed by atoms with E-state index >= 15 is 0 Å². The van der Waals surface area contributed by atoms with Gasteiger partial charge in [-0.1, -0.05) is 357 Å². The number of allylic oxidation sites excluding steroid dienone is 11. The second kappa shape index (κ2) is 67.1. The normalized spacial score (nSPS) is 18.4. The van der Waals surface area contributed by atoms with Gasteiger partial charge in [-0.25, -0.2) is 0 Å². The summed E-state index contributed by atoms with van der Waals surface area (Å²) in [6.07, 6.45) is 78.0. The van der Waals surface area contributed by atoms with Crippen molar-refractivity contribution in [3.63, 3.8) is 0 Å². The minimum absolute atomic E-state index is 0.127. The van der Waals surface area contributed by atoms with E-state index in [0.29, 0.717) is 12.8 Å². The maximum absolute atomic E-state index is 13.5. The molecule has 1 saturated heterocycles. The summed E-state index contributed by atoms with van der Waals surface area (Å²) < 4.78 is 17.8. The zero-order valence-corrected chi connectivity index (χ0v) is 59.2. The third-order valence-corrected chi connectivity index (χ3v) is 18.1. The van der Waals surface area contributed by atoms with Gasteiger partial charge in [-0.2, -0.15) is 0 Å². The highest BCUT2D eigenvalue weighted by Crippen LogP contribution is 2.27. The lowest BCUT2D eigenvalue weighted by atomic mass is 9.99. The number of hydrogen-bond acceptors (Lipinski definition) is 10. The molecule has 0 aliphatic carbocycles. The van der Waals surface area contributed by atoms with Gasteiger partial charge in [-0.3, -0.25) is 9.59 Å². The van der Waals surface area contributed by atoms with E-state index in [1.165, 1.54) is 218 Å². The Hall–Kier alpha value is -2.90. The van der Waals surface area contributed by atoms with Crippen LogP contribution in [-0.4, -0.2) is 99.6 Å². The van der Waals surface area contributed by atoms with Crippen LogP contribution in [0.15, 0.2) is 72.9 Å². The molecule has 6 N–H and O–H groups in total. The highest BCUT2D eigenvalue weighted by atomic mass is 16.7. The molecule has 0 bridgehead atoms. The molecule has 11 heteroatoms. The summed E-state index contributed by atoms with van der Waals surface area (Å²) in [5.74, 6) is -1.18. The van der Waals surface area contributed by atoms with Crippen molar-refractivity contribution in [2.45, 2.75) is 410 Å². The van der Waals surface area contributed by atoms with E-state index < -0.39 is 67.4 Å². The Labute approximate surface area is 560 Å². The molecule has 1 fully saturated rings. The SMILES string of the molecule is CC/C=C\C/C=C\C/C=C\C/C=C\C/C=C\CCCCCCCCCCCCC(O)C(=O)NC(COC1OC(CO)C(O)C(O)C1OC(=O)CCCCCCCCCCCCCCCCCCCCCCCCC)C(O)/C=C/CCCCCCCCCCCCC. The van der Waals surface area contributed by atoms with Gasteiger partial charge in [0.1, 0.15) is 24.4 Å². The van der Waals surface area contributed by atoms with Crippen LogP contribution in [0.5, 0.6) is 0 Å². The van der Waals surface area contributed by atoms with Crippen molar-refractivity contribution in [3.8, 4) is 0 Å². The summed E-state index contributed by atoms with van der Waals surface area (Å²) in [6.45, 7) is 5.74. The van der Waals surface area contributed by atoms with Gasteiger partial charge in [-0.15, -0.1) is 0 Å². The quantitative estimate of drug-likeness (QED) is 0.0195. The molecule has 0 aromatic carbocycles. The molecule has 0 spiro atoms. The van der Waals surface area contributed by atoms with E-state index in [0.717, 1.165) is 96.3 Å². The Balaban J connectivity index is 2.54. The number of carbonyl (C=O) groups is 2. The van der Waals surface area contributed by atoms with Crippen LogP contribution >= 0.6 is 0 Å². The lowest BCUT2D eigenvalue weighted by Gasteiger charge is -2.41. The van der Waals surface area contributed by atoms with E-state index in [1.807, 2.05) is 6.08 Å². The zero-order valence-electron chi connectivity index (χ0n) is 59.2. The lowest BCUT2D eigenvalue weighted by molar-refractivity contribution is -0.305. The molecule has 1 rings (SSSR count). The second-order valence-electron chi connectivity index (χ2n) is 26.7. The Bertz CT molecular complexity index is 1760. The van der Waals surface area contributed by atoms with Crippen LogP contribution in [-0.2, 0) is 23.8 Å². The summed E-state index contributed by atoms with van der Waals surface area (Å²) in [7, 11) is 0. The molecule has 1 heterocycles. The number of rotatable bonds is 67. The molecule has 11 nitrogen and oxygen atoms in total. The predicted octanol–water partition coefficient (Wildman–Crippen LogP) is 20.6. The third kappa shape index (κ3) is 54.0. The van der Waals surface area contributed by atoms with Gasteiger partial charge in [0.25, 0.3) is 0 Å². The van der Waals surface area contributed by atoms with Crippen LogP contribution in [0.2, 0.25) is 0 Å². The van der Waals surface area contributed by atoms with E-state index in [1.54, 1.807) is 6.08 Å². The number of ether oxygens (including phenoxy) is 3. The third-order valence-electron chi connectivity index (χ3n) is 18.1. The molecule has 530 valence electrons. The molecule has 1 aliphatic heterocycles. The summed E-state index contributed by atoms with van der Waals surface area (Å²) in [6, 6.07) is -1.03. The van der Waals surface area contributed by atoms with Crippen molar-refractivity contribution in [2.75, 3.05) is 13.2 Å². The molecule has 0 radical (unpaired) electrons. The number of esters is 1. The lowest BCUT2D eigenvalue weighted by Crippen LogP contribution is -2.61. The number of hydrogen-bond donors (Lipinski definition) is 6. The van der Waals surface area contributed by atoms with Crippen molar-refractivity contribution >= 4 is 11.9 Å². The monoisotopic (exact) mass is 1280 g/mol. The topological polar surface area (TPSA) is 175 Å². The number of amides is 1. The fourth-order valence-corrected chi connectivity index (χ4v) is 12.1. The molecule has 91 heavy (non-hydrogen) atoms. The highest BCUT2D eigenvalue weighted by Gasteiger charge is 2.47. The summed E-state index contributed by atoms with van der Waals surface area (Å²) in [5, 5.41) is 57.4. The predicted molar refractivity (Wildman–Crippen MR) is 384 cm³/mol. The van der Waals surface area contributed by atoms with Gasteiger partial charge in [0.15, 0.2) is 12.4 Å². The molecule has 8 atom stereocenters. The average Bonchev–Trinajstić information content (AvgIpc) is 0.969. The van der Waals surface area contributed by atoms with Crippen LogP contribution in [0, 0.1) is 0 Å². The summed E-state index contributed by atoms with van der Waals surface area (Å²) >= 11 is 0. The Morgan fingerprint density at radius 1 is 0.440 bits per heavy atom. The Morgan fingerprint density at radius 3 is 1.19 bits per heavy atom. The fraction of sp³-hybridized carbons (Fsp3) is 0.825. The zero-order chi connectivity index (χ0) is 66.0. The van der Waals surface area contributed by atoms with Crippen molar-refractivity contribution in [1.82, 2.24) is 5.32 Å². The first-order valence-electron chi connectivity index (χ1n) is 38.7. The molecule has 1 aliphatic rings. The number of carbonyl (C=O) groups excluding carboxylic acids is 2. The van der Waals surface area contributed by atoms with Gasteiger partial charge in [0.2, 0.25) is 5.91 Å². The minimum Gasteiger partial charge on any atom is -0.454 e. The molecule has 0 aromatic rings. The first kappa shape index (κ1) is 86.1. The Kier molecular flexibility index (Phi) is 63.5. The van der Waals surface area contributed by atoms with Crippen LogP contribution < -0.4 is 5.32 Å². The van der Waals surface area contributed by atoms with Crippen LogP contribution in [0.4, 0.5) is 0 Å². The second-order valence-corrected chi connectivity index (χ2v) is 26.7. The largest absolute Gasteiger partial charge is 0.454 e. The fourth-order valence-electron chi connectivity index (χ4n) is 12.1. The number of nitrogens with one attached hydrogen (secondary N) is 1. The standard InChI is InChI=1S/C80H145NO10/c1-4-7-10-13-16-19-22-25-27-29-31-33-35-36-37-39-40-42-44-46-49-52-55-58-61-64-67-73(84)79(88)81-71(72(83)66-63-60-57-54-51-48-24-21-18-15-12-9-6-3)70-89-80-78(77(87)76(86)74(69-82)90-80)91-75(85)68-65-62-59-56-53-50-47-45-43-41-38-34-32-30-28-26-23-20-17-14-11-8-5-2/h7,10,16,19,25,27,31,33,36-37,63,66,71-74,76-78,80,82-84,86-87H,4-6,8-9,11-15,17-18,20-24,26,28-30,32,34-35,38-62,64-65,67-70H2,1-3H3,(H,81,88)/b10-7-,19-16-,27-25-,33-31-,37-36-,66-63+. The summed E-state index contributed by atoms with van der Waals surface area (Å²) in [5.41, 5.74) is 0. The first-order valence-corrected chi connectivity index (χ1v) is 38.7. The molecule has 0 saturated carbocycles. The van der Waals surface area contributed by atoms with Gasteiger partial charge in [-0.05, 0) is 70.6 Å². The van der Waals surface area contributed by atoms with Crippen LogP contribution in [0.1, 0.15) is 361 Å². The van der Waals surface area contributed by atoms with Crippen LogP contribution in [0.25, 0.3) is 0 Å². The van der Waals surface area contributed by atoms with Crippen LogP contribution in [0.3, 0.4) is 0 Å². The van der Waals surface area contributed by atoms with E-state index in [9.17, 15) is 35.1 Å². The molecule has 1 amide bonds. The van der Waals surface area contributed by atoms with Gasteiger partial charge in [0.05, 0.1) is 25.4 Å². The molecular formula is C80H145NO10. The van der Waals surface area contributed by atoms with Gasteiger partial charge in [0, 0.05) is 6.42 Å². The smallest absolute Gasteiger partial charge is 0.306 e. The maximum atomic E-state index is 13.5. The van der Waals surface area contributed by atoms with Crippen molar-refractivity contribution in [1.29, 1.82) is 0 Å². The number of unbranched alkanes of at least 4 members (excludes halogenated alkanes) is 43. The number of aliphatic hydroxyl groups excluding tert-OH is 5. The minimum atomic E-state index is -1.61. The highest BCUT2D eigenvalue weighted by molar-refractivity contribution is 5.80. The molecule has 8 unspecified atom stereocenters. The summed E-state index contributed by atoms with van der Waals surface area (Å²) in [4.78, 5) is 26.8. The Morgan fingerprint density at radius 2 is 0.791 bits per heavy atom. The van der Waals surface area contributed by atoms with E-state index in [-0.39, 0.29) is 19.4 Å². The number of aliphatic hydroxyl groups is 5. The van der Waals surface area contributed by atoms with Gasteiger partial charge >= 0.3 is 5.97 Å². The maximum Gasteiger partial charge on any atom is 0.306 e. The van der Waals surface area contributed by atoms with Crippen molar-refractivity contribution in [2.24, 2.45) is 0 Å². The van der Waals surface area contributed by atoms with Crippen molar-refractivity contribution in [3.05, 3.63) is 72.9 Å². The van der Waals surface area contributed by atoms with Gasteiger partial charge < -0.3 is 45.1 Å². The first-order chi connectivity index (χ1) is 44.7. The van der Waals surface area contributed by atoms with E-state index in [2.05, 4.69) is 86.8 Å². The van der Waals surface area contributed by atoms with Crippen molar-refractivity contribution < 1.29 is 49.3 Å². The molecule has 0 aromatic heterocycles. The molecular weight excluding hydrogens is 1130 g/mol. The van der Waals surface area contributed by atoms with E-state index in [4.69, 9.17) is 14.2 Å². The average molecular weight is 1280 g/mol.